The van der Waals surface area contributed by atoms with E-state index < -0.39 is 10.0 Å². The molecule has 18 heavy (non-hydrogen) atoms. The van der Waals surface area contributed by atoms with E-state index in [1.54, 1.807) is 6.92 Å². The summed E-state index contributed by atoms with van der Waals surface area (Å²) in [4.78, 5) is 0.0796. The molecule has 0 saturated carbocycles. The number of hydrogen-bond donors (Lipinski definition) is 1. The normalized spacial score (nSPS) is 10.9. The van der Waals surface area contributed by atoms with Gasteiger partial charge in [0.2, 0.25) is 10.0 Å². The van der Waals surface area contributed by atoms with E-state index in [1.807, 2.05) is 13.0 Å². The van der Waals surface area contributed by atoms with Crippen molar-refractivity contribution in [3.05, 3.63) is 23.8 Å². The van der Waals surface area contributed by atoms with Crippen LogP contribution in [0, 0.1) is 11.3 Å². The Bertz CT molecular complexity index is 547. The van der Waals surface area contributed by atoms with Gasteiger partial charge in [-0.05, 0) is 31.5 Å². The van der Waals surface area contributed by atoms with Crippen LogP contribution in [0.1, 0.15) is 25.8 Å². The topological polar surface area (TPSA) is 79.2 Å². The third-order valence-corrected chi connectivity index (χ3v) is 3.68. The second kappa shape index (κ2) is 6.38. The molecule has 0 saturated heterocycles. The highest BCUT2D eigenvalue weighted by molar-refractivity contribution is 7.89. The van der Waals surface area contributed by atoms with Crippen molar-refractivity contribution in [3.8, 4) is 11.8 Å². The molecule has 0 atom stereocenters. The number of nitriles is 1. The molecule has 0 fully saturated rings. The van der Waals surface area contributed by atoms with Gasteiger partial charge in [0, 0.05) is 6.54 Å². The van der Waals surface area contributed by atoms with Crippen molar-refractivity contribution < 1.29 is 13.2 Å². The van der Waals surface area contributed by atoms with Crippen molar-refractivity contribution in [2.45, 2.75) is 25.2 Å². The van der Waals surface area contributed by atoms with Crippen LogP contribution < -0.4 is 9.46 Å². The number of sulfonamides is 1. The van der Waals surface area contributed by atoms with Gasteiger partial charge in [-0.3, -0.25) is 0 Å². The maximum absolute atomic E-state index is 11.9. The van der Waals surface area contributed by atoms with E-state index in [-0.39, 0.29) is 10.5 Å². The average molecular weight is 268 g/mol. The standard InChI is InChI=1S/C12H16N2O3S/c1-3-7-14-18(15,16)11-5-6-12(17-4-2)10(8-11)9-13/h5-6,8,14H,3-4,7H2,1-2H3. The minimum absolute atomic E-state index is 0.0796. The summed E-state index contributed by atoms with van der Waals surface area (Å²) < 4.78 is 31.4. The summed E-state index contributed by atoms with van der Waals surface area (Å²) in [6, 6.07) is 6.19. The molecule has 0 unspecified atom stereocenters. The Morgan fingerprint density at radius 2 is 2.11 bits per heavy atom. The van der Waals surface area contributed by atoms with E-state index in [1.165, 1.54) is 18.2 Å². The molecule has 0 radical (unpaired) electrons. The quantitative estimate of drug-likeness (QED) is 0.850. The lowest BCUT2D eigenvalue weighted by Gasteiger charge is -2.09. The van der Waals surface area contributed by atoms with Gasteiger partial charge in [-0.15, -0.1) is 0 Å². The van der Waals surface area contributed by atoms with Crippen LogP contribution in [0.2, 0.25) is 0 Å². The van der Waals surface area contributed by atoms with Gasteiger partial charge in [0.25, 0.3) is 0 Å². The van der Waals surface area contributed by atoms with E-state index >= 15 is 0 Å². The summed E-state index contributed by atoms with van der Waals surface area (Å²) in [5, 5.41) is 8.97. The van der Waals surface area contributed by atoms with Crippen LogP contribution in [0.4, 0.5) is 0 Å². The Kier molecular flexibility index (Phi) is 5.13. The number of nitrogens with zero attached hydrogens (tertiary/aromatic N) is 1. The fraction of sp³-hybridized carbons (Fsp3) is 0.417. The number of benzene rings is 1. The number of rotatable bonds is 6. The molecule has 0 aliphatic carbocycles. The van der Waals surface area contributed by atoms with Crippen molar-refractivity contribution in [3.63, 3.8) is 0 Å². The summed E-state index contributed by atoms with van der Waals surface area (Å²) in [5.74, 6) is 0.398. The first-order valence-corrected chi connectivity index (χ1v) is 7.20. The molecule has 0 spiro atoms. The van der Waals surface area contributed by atoms with Gasteiger partial charge in [-0.2, -0.15) is 5.26 Å². The Balaban J connectivity index is 3.10. The molecule has 1 N–H and O–H groups in total. The van der Waals surface area contributed by atoms with E-state index in [0.717, 1.165) is 0 Å². The van der Waals surface area contributed by atoms with Crippen LogP contribution in [0.3, 0.4) is 0 Å². The molecule has 0 bridgehead atoms. The maximum atomic E-state index is 11.9. The van der Waals surface area contributed by atoms with Crippen LogP contribution in [0.25, 0.3) is 0 Å². The van der Waals surface area contributed by atoms with Gasteiger partial charge < -0.3 is 4.74 Å². The zero-order valence-corrected chi connectivity index (χ0v) is 11.3. The van der Waals surface area contributed by atoms with Crippen LogP contribution in [-0.4, -0.2) is 21.6 Å². The highest BCUT2D eigenvalue weighted by Crippen LogP contribution is 2.21. The molecule has 0 aliphatic rings. The zero-order chi connectivity index (χ0) is 13.6. The fourth-order valence-corrected chi connectivity index (χ4v) is 2.52. The van der Waals surface area contributed by atoms with Crippen LogP contribution >= 0.6 is 0 Å². The van der Waals surface area contributed by atoms with Crippen molar-refractivity contribution in [2.75, 3.05) is 13.2 Å². The minimum Gasteiger partial charge on any atom is -0.492 e. The molecule has 98 valence electrons. The monoisotopic (exact) mass is 268 g/mol. The highest BCUT2D eigenvalue weighted by Gasteiger charge is 2.15. The van der Waals surface area contributed by atoms with Gasteiger partial charge in [0.1, 0.15) is 11.8 Å². The molecule has 0 amide bonds. The third-order valence-electron chi connectivity index (χ3n) is 2.22. The van der Waals surface area contributed by atoms with Gasteiger partial charge in [0.15, 0.2) is 0 Å². The maximum Gasteiger partial charge on any atom is 0.240 e. The van der Waals surface area contributed by atoms with Crippen molar-refractivity contribution in [1.82, 2.24) is 4.72 Å². The lowest BCUT2D eigenvalue weighted by molar-refractivity contribution is 0.339. The molecule has 1 aromatic rings. The second-order valence-corrected chi connectivity index (χ2v) is 5.37. The number of hydrogen-bond acceptors (Lipinski definition) is 4. The first-order valence-electron chi connectivity index (χ1n) is 5.71. The van der Waals surface area contributed by atoms with Crippen LogP contribution in [0.5, 0.6) is 5.75 Å². The molecule has 1 aromatic carbocycles. The molecule has 0 heterocycles. The molecular weight excluding hydrogens is 252 g/mol. The molecule has 5 nitrogen and oxygen atoms in total. The zero-order valence-electron chi connectivity index (χ0n) is 10.4. The van der Waals surface area contributed by atoms with E-state index in [2.05, 4.69) is 4.72 Å². The number of nitrogens with one attached hydrogen (secondary N) is 1. The Morgan fingerprint density at radius 3 is 2.67 bits per heavy atom. The summed E-state index contributed by atoms with van der Waals surface area (Å²) in [6.07, 6.45) is 0.710. The molecule has 6 heteroatoms. The predicted octanol–water partition coefficient (Wildman–Crippen LogP) is 1.65. The summed E-state index contributed by atoms with van der Waals surface area (Å²) in [6.45, 7) is 4.47. The predicted molar refractivity (Wildman–Crippen MR) is 67.8 cm³/mol. The SMILES string of the molecule is CCCNS(=O)(=O)c1ccc(OCC)c(C#N)c1. The molecule has 1 rings (SSSR count). The first-order chi connectivity index (χ1) is 8.55. The lowest BCUT2D eigenvalue weighted by atomic mass is 10.2. The first kappa shape index (κ1) is 14.5. The smallest absolute Gasteiger partial charge is 0.240 e. The number of ether oxygens (including phenoxy) is 1. The van der Waals surface area contributed by atoms with Gasteiger partial charge in [-0.1, -0.05) is 6.92 Å². The van der Waals surface area contributed by atoms with E-state index in [0.29, 0.717) is 25.3 Å². The Morgan fingerprint density at radius 1 is 1.39 bits per heavy atom. The van der Waals surface area contributed by atoms with Gasteiger partial charge in [0.05, 0.1) is 17.1 Å². The second-order valence-electron chi connectivity index (χ2n) is 3.60. The van der Waals surface area contributed by atoms with Crippen LogP contribution in [-0.2, 0) is 10.0 Å². The summed E-state index contributed by atoms with van der Waals surface area (Å²) in [5.41, 5.74) is 0.219. The molecular formula is C12H16N2O3S. The summed E-state index contributed by atoms with van der Waals surface area (Å²) >= 11 is 0. The fourth-order valence-electron chi connectivity index (χ4n) is 1.36. The minimum atomic E-state index is -3.54. The van der Waals surface area contributed by atoms with E-state index in [4.69, 9.17) is 10.00 Å². The molecule has 0 aliphatic heterocycles. The van der Waals surface area contributed by atoms with Crippen molar-refractivity contribution in [2.24, 2.45) is 0 Å². The molecule has 0 aromatic heterocycles. The highest BCUT2D eigenvalue weighted by atomic mass is 32.2. The Labute approximate surface area is 107 Å². The van der Waals surface area contributed by atoms with E-state index in [9.17, 15) is 8.42 Å². The average Bonchev–Trinajstić information content (AvgIpc) is 2.37. The van der Waals surface area contributed by atoms with Gasteiger partial charge >= 0.3 is 0 Å². The largest absolute Gasteiger partial charge is 0.492 e. The third kappa shape index (κ3) is 3.45. The van der Waals surface area contributed by atoms with Crippen LogP contribution in [0.15, 0.2) is 23.1 Å². The van der Waals surface area contributed by atoms with Crippen molar-refractivity contribution >= 4 is 10.0 Å². The Hall–Kier alpha value is -1.58. The van der Waals surface area contributed by atoms with Gasteiger partial charge in [-0.25, -0.2) is 13.1 Å². The van der Waals surface area contributed by atoms with Crippen molar-refractivity contribution in [1.29, 1.82) is 5.26 Å². The lowest BCUT2D eigenvalue weighted by Crippen LogP contribution is -2.24. The summed E-state index contributed by atoms with van der Waals surface area (Å²) in [7, 11) is -3.54.